The van der Waals surface area contributed by atoms with Gasteiger partial charge >= 0.3 is 0 Å². The van der Waals surface area contributed by atoms with Crippen LogP contribution in [-0.4, -0.2) is 18.9 Å². The van der Waals surface area contributed by atoms with Crippen LogP contribution in [0.15, 0.2) is 10.8 Å². The predicted octanol–water partition coefficient (Wildman–Crippen LogP) is 1.08. The van der Waals surface area contributed by atoms with Crippen molar-refractivity contribution in [2.45, 2.75) is 6.42 Å². The Morgan fingerprint density at radius 1 is 1.45 bits per heavy atom. The van der Waals surface area contributed by atoms with E-state index in [-0.39, 0.29) is 5.78 Å². The first-order chi connectivity index (χ1) is 5.38. The molecule has 0 bridgehead atoms. The minimum Gasteiger partial charge on any atom is -0.309 e. The topological polar surface area (TPSA) is 29.1 Å². The minimum absolute atomic E-state index is 0.235. The fourth-order valence-electron chi connectivity index (χ4n) is 1.28. The summed E-state index contributed by atoms with van der Waals surface area (Å²) in [6.07, 6.45) is 0.991. The average molecular weight is 167 g/mol. The zero-order valence-electron chi connectivity index (χ0n) is 6.09. The molecule has 0 aliphatic carbocycles. The number of rotatable bonds is 0. The molecule has 0 atom stereocenters. The smallest absolute Gasteiger partial charge is 0.177 e. The number of Topliss-reactive ketones (excluding diaryl/α,β-unsaturated/α-hetero) is 1. The van der Waals surface area contributed by atoms with Crippen molar-refractivity contribution < 1.29 is 4.79 Å². The van der Waals surface area contributed by atoms with Crippen molar-refractivity contribution in [3.8, 4) is 0 Å². The number of fused-ring (bicyclic) bond motifs is 1. The Hall–Kier alpha value is -0.670. The van der Waals surface area contributed by atoms with E-state index in [1.54, 1.807) is 11.3 Å². The molecule has 2 nitrogen and oxygen atoms in total. The van der Waals surface area contributed by atoms with Crippen molar-refractivity contribution in [3.63, 3.8) is 0 Å². The van der Waals surface area contributed by atoms with Crippen molar-refractivity contribution in [1.82, 2.24) is 5.32 Å². The molecule has 1 aromatic heterocycles. The molecule has 0 spiro atoms. The molecule has 1 aliphatic heterocycles. The highest BCUT2D eigenvalue weighted by Crippen LogP contribution is 2.17. The summed E-state index contributed by atoms with van der Waals surface area (Å²) >= 11 is 1.62. The van der Waals surface area contributed by atoms with Gasteiger partial charge in [0.15, 0.2) is 5.78 Å². The highest BCUT2D eigenvalue weighted by Gasteiger charge is 2.14. The number of carbonyl (C=O) groups excluding carboxylic acids is 1. The van der Waals surface area contributed by atoms with E-state index in [1.807, 2.05) is 5.38 Å². The van der Waals surface area contributed by atoms with Crippen LogP contribution in [0.5, 0.6) is 0 Å². The van der Waals surface area contributed by atoms with E-state index in [9.17, 15) is 4.79 Å². The van der Waals surface area contributed by atoms with E-state index in [0.717, 1.165) is 18.5 Å². The molecule has 2 heterocycles. The van der Waals surface area contributed by atoms with Crippen LogP contribution in [0.25, 0.3) is 0 Å². The van der Waals surface area contributed by atoms with Gasteiger partial charge in [0.05, 0.1) is 6.54 Å². The van der Waals surface area contributed by atoms with Gasteiger partial charge in [0.25, 0.3) is 0 Å². The SMILES string of the molecule is O=C1CNCCc2cscc21. The van der Waals surface area contributed by atoms with E-state index >= 15 is 0 Å². The number of ketones is 1. The summed E-state index contributed by atoms with van der Waals surface area (Å²) < 4.78 is 0. The molecule has 1 aromatic rings. The van der Waals surface area contributed by atoms with Crippen LogP contribution < -0.4 is 5.32 Å². The van der Waals surface area contributed by atoms with Crippen molar-refractivity contribution in [2.24, 2.45) is 0 Å². The lowest BCUT2D eigenvalue weighted by molar-refractivity contribution is 0.0994. The summed E-state index contributed by atoms with van der Waals surface area (Å²) in [6.45, 7) is 1.43. The number of thiophene rings is 1. The van der Waals surface area contributed by atoms with Gasteiger partial charge in [-0.15, -0.1) is 0 Å². The van der Waals surface area contributed by atoms with Gasteiger partial charge in [-0.3, -0.25) is 4.79 Å². The molecule has 0 amide bonds. The van der Waals surface area contributed by atoms with E-state index in [2.05, 4.69) is 10.7 Å². The fraction of sp³-hybridized carbons (Fsp3) is 0.375. The molecule has 58 valence electrons. The van der Waals surface area contributed by atoms with Crippen LogP contribution in [0.3, 0.4) is 0 Å². The Morgan fingerprint density at radius 2 is 2.36 bits per heavy atom. The maximum atomic E-state index is 11.3. The van der Waals surface area contributed by atoms with Crippen LogP contribution in [0.1, 0.15) is 15.9 Å². The van der Waals surface area contributed by atoms with E-state index in [1.165, 1.54) is 5.56 Å². The Labute approximate surface area is 69.2 Å². The molecule has 3 heteroatoms. The molecule has 0 radical (unpaired) electrons. The van der Waals surface area contributed by atoms with Crippen LogP contribution in [0, 0.1) is 0 Å². The summed E-state index contributed by atoms with van der Waals surface area (Å²) in [5.74, 6) is 0.235. The van der Waals surface area contributed by atoms with E-state index < -0.39 is 0 Å². The van der Waals surface area contributed by atoms with Gasteiger partial charge in [-0.25, -0.2) is 0 Å². The Balaban J connectivity index is 2.41. The number of hydrogen-bond donors (Lipinski definition) is 1. The van der Waals surface area contributed by atoms with Gasteiger partial charge in [-0.2, -0.15) is 11.3 Å². The number of carbonyl (C=O) groups is 1. The zero-order chi connectivity index (χ0) is 7.68. The Kier molecular flexibility index (Phi) is 1.75. The highest BCUT2D eigenvalue weighted by molar-refractivity contribution is 7.08. The summed E-state index contributed by atoms with van der Waals surface area (Å²) in [7, 11) is 0. The van der Waals surface area contributed by atoms with Crippen molar-refractivity contribution in [2.75, 3.05) is 13.1 Å². The second kappa shape index (κ2) is 2.75. The van der Waals surface area contributed by atoms with Gasteiger partial charge in [-0.05, 0) is 23.9 Å². The quantitative estimate of drug-likeness (QED) is 0.626. The molecule has 11 heavy (non-hydrogen) atoms. The maximum Gasteiger partial charge on any atom is 0.177 e. The third-order valence-corrected chi connectivity index (χ3v) is 2.69. The van der Waals surface area contributed by atoms with Gasteiger partial charge in [0.2, 0.25) is 0 Å². The lowest BCUT2D eigenvalue weighted by Gasteiger charge is -1.93. The van der Waals surface area contributed by atoms with Crippen LogP contribution in [0.4, 0.5) is 0 Å². The van der Waals surface area contributed by atoms with Gasteiger partial charge in [0.1, 0.15) is 0 Å². The van der Waals surface area contributed by atoms with Gasteiger partial charge < -0.3 is 5.32 Å². The molecule has 1 N–H and O–H groups in total. The molecule has 0 unspecified atom stereocenters. The van der Waals surface area contributed by atoms with E-state index in [0.29, 0.717) is 6.54 Å². The summed E-state index contributed by atoms with van der Waals surface area (Å²) in [4.78, 5) is 11.3. The summed E-state index contributed by atoms with van der Waals surface area (Å²) in [5.41, 5.74) is 2.14. The van der Waals surface area contributed by atoms with Crippen LogP contribution >= 0.6 is 11.3 Å². The van der Waals surface area contributed by atoms with Crippen molar-refractivity contribution in [3.05, 3.63) is 21.9 Å². The highest BCUT2D eigenvalue weighted by atomic mass is 32.1. The van der Waals surface area contributed by atoms with Crippen LogP contribution in [-0.2, 0) is 6.42 Å². The molecular weight excluding hydrogens is 158 g/mol. The Morgan fingerprint density at radius 3 is 3.27 bits per heavy atom. The largest absolute Gasteiger partial charge is 0.309 e. The second-order valence-corrected chi connectivity index (χ2v) is 3.40. The summed E-state index contributed by atoms with van der Waals surface area (Å²) in [5, 5.41) is 7.10. The minimum atomic E-state index is 0.235. The standard InChI is InChI=1S/C8H9NOS/c10-8-3-9-2-1-6-4-11-5-7(6)8/h4-5,9H,1-3H2. The number of nitrogens with one attached hydrogen (secondary N) is 1. The van der Waals surface area contributed by atoms with E-state index in [4.69, 9.17) is 0 Å². The fourth-order valence-corrected chi connectivity index (χ4v) is 2.18. The molecule has 2 rings (SSSR count). The van der Waals surface area contributed by atoms with Gasteiger partial charge in [0, 0.05) is 10.9 Å². The van der Waals surface area contributed by atoms with Crippen molar-refractivity contribution in [1.29, 1.82) is 0 Å². The first-order valence-electron chi connectivity index (χ1n) is 3.67. The number of hydrogen-bond acceptors (Lipinski definition) is 3. The predicted molar refractivity (Wildman–Crippen MR) is 45.2 cm³/mol. The molecule has 1 aliphatic rings. The summed E-state index contributed by atoms with van der Waals surface area (Å²) in [6, 6.07) is 0. The first-order valence-corrected chi connectivity index (χ1v) is 4.61. The first kappa shape index (κ1) is 7.00. The maximum absolute atomic E-state index is 11.3. The average Bonchev–Trinajstić information content (AvgIpc) is 2.40. The lowest BCUT2D eigenvalue weighted by atomic mass is 10.1. The normalized spacial score (nSPS) is 17.6. The molecular formula is C8H9NOS. The molecule has 0 saturated heterocycles. The molecule has 0 fully saturated rings. The third-order valence-electron chi connectivity index (χ3n) is 1.90. The van der Waals surface area contributed by atoms with Gasteiger partial charge in [-0.1, -0.05) is 0 Å². The molecule has 0 saturated carbocycles. The monoisotopic (exact) mass is 167 g/mol. The third kappa shape index (κ3) is 1.21. The lowest BCUT2D eigenvalue weighted by Crippen LogP contribution is -2.21. The van der Waals surface area contributed by atoms with Crippen LogP contribution in [0.2, 0.25) is 0 Å². The van der Waals surface area contributed by atoms with Crippen molar-refractivity contribution >= 4 is 17.1 Å². The second-order valence-electron chi connectivity index (χ2n) is 2.66. The molecule has 0 aromatic carbocycles. The zero-order valence-corrected chi connectivity index (χ0v) is 6.91. The Bertz CT molecular complexity index is 279.